The molecule has 1 saturated heterocycles. The first kappa shape index (κ1) is 13.9. The average molecular weight is 229 g/mol. The zero-order chi connectivity index (χ0) is 11.6. The molecule has 0 aromatic carbocycles. The van der Waals surface area contributed by atoms with Crippen molar-refractivity contribution in [3.05, 3.63) is 0 Å². The minimum Gasteiger partial charge on any atom is -0.396 e. The summed E-state index contributed by atoms with van der Waals surface area (Å²) in [4.78, 5) is 5.05. The maximum absolute atomic E-state index is 8.69. The Bertz CT molecular complexity index is 158. The Morgan fingerprint density at radius 2 is 1.38 bits per heavy atom. The third-order valence-electron chi connectivity index (χ3n) is 3.28. The fourth-order valence-corrected chi connectivity index (χ4v) is 2.18. The molecular formula is C12H27N3O. The van der Waals surface area contributed by atoms with Gasteiger partial charge in [-0.25, -0.2) is 0 Å². The van der Waals surface area contributed by atoms with Gasteiger partial charge in [-0.2, -0.15) is 0 Å². The zero-order valence-corrected chi connectivity index (χ0v) is 10.4. The lowest BCUT2D eigenvalue weighted by Gasteiger charge is -2.34. The fraction of sp³-hybridized carbons (Fsp3) is 1.00. The molecule has 1 aliphatic heterocycles. The van der Waals surface area contributed by atoms with E-state index in [0.717, 1.165) is 32.4 Å². The molecule has 0 atom stereocenters. The number of rotatable bonds is 8. The van der Waals surface area contributed by atoms with E-state index in [0.29, 0.717) is 6.61 Å². The standard InChI is InChI=1S/C12H27N3O/c13-5-4-7-15-10-8-14(9-11-15)6-2-1-3-12-16/h16H,1-13H2. The number of aliphatic hydroxyl groups excluding tert-OH is 1. The van der Waals surface area contributed by atoms with E-state index in [9.17, 15) is 0 Å². The van der Waals surface area contributed by atoms with E-state index < -0.39 is 0 Å². The number of nitrogens with two attached hydrogens (primary N) is 1. The molecule has 1 aliphatic rings. The monoisotopic (exact) mass is 229 g/mol. The normalized spacial score (nSPS) is 19.1. The van der Waals surface area contributed by atoms with Gasteiger partial charge >= 0.3 is 0 Å². The van der Waals surface area contributed by atoms with Crippen LogP contribution in [0.25, 0.3) is 0 Å². The first-order valence-electron chi connectivity index (χ1n) is 6.62. The van der Waals surface area contributed by atoms with Crippen LogP contribution in [0.15, 0.2) is 0 Å². The van der Waals surface area contributed by atoms with Gasteiger partial charge in [0.15, 0.2) is 0 Å². The van der Waals surface area contributed by atoms with Gasteiger partial charge in [0.1, 0.15) is 0 Å². The van der Waals surface area contributed by atoms with Crippen molar-refractivity contribution >= 4 is 0 Å². The molecular weight excluding hydrogens is 202 g/mol. The average Bonchev–Trinajstić information content (AvgIpc) is 2.33. The molecule has 1 fully saturated rings. The van der Waals surface area contributed by atoms with Gasteiger partial charge in [0.25, 0.3) is 0 Å². The first-order valence-corrected chi connectivity index (χ1v) is 6.62. The summed E-state index contributed by atoms with van der Waals surface area (Å²) in [6, 6.07) is 0. The quantitative estimate of drug-likeness (QED) is 0.580. The number of aliphatic hydroxyl groups is 1. The molecule has 0 bridgehead atoms. The molecule has 0 aromatic heterocycles. The third kappa shape index (κ3) is 5.80. The summed E-state index contributed by atoms with van der Waals surface area (Å²) < 4.78 is 0. The highest BCUT2D eigenvalue weighted by molar-refractivity contribution is 4.71. The molecule has 0 saturated carbocycles. The molecule has 1 rings (SSSR count). The van der Waals surface area contributed by atoms with Gasteiger partial charge < -0.3 is 20.6 Å². The third-order valence-corrected chi connectivity index (χ3v) is 3.28. The maximum Gasteiger partial charge on any atom is 0.0431 e. The van der Waals surface area contributed by atoms with Gasteiger partial charge in [-0.05, 0) is 45.3 Å². The van der Waals surface area contributed by atoms with Crippen LogP contribution in [-0.4, -0.2) is 67.3 Å². The Hall–Kier alpha value is -0.160. The van der Waals surface area contributed by atoms with Gasteiger partial charge in [0, 0.05) is 32.8 Å². The van der Waals surface area contributed by atoms with Crippen LogP contribution in [0.5, 0.6) is 0 Å². The second-order valence-electron chi connectivity index (χ2n) is 4.61. The molecule has 0 spiro atoms. The number of piperazine rings is 1. The Morgan fingerprint density at radius 3 is 1.88 bits per heavy atom. The summed E-state index contributed by atoms with van der Waals surface area (Å²) in [5.41, 5.74) is 5.51. The lowest BCUT2D eigenvalue weighted by atomic mass is 10.2. The van der Waals surface area contributed by atoms with Crippen LogP contribution in [0.2, 0.25) is 0 Å². The SMILES string of the molecule is NCCCN1CCN(CCCCCO)CC1. The van der Waals surface area contributed by atoms with Gasteiger partial charge in [0.05, 0.1) is 0 Å². The maximum atomic E-state index is 8.69. The second kappa shape index (κ2) is 8.93. The largest absolute Gasteiger partial charge is 0.396 e. The van der Waals surface area contributed by atoms with Crippen molar-refractivity contribution in [1.82, 2.24) is 9.80 Å². The summed E-state index contributed by atoms with van der Waals surface area (Å²) in [5, 5.41) is 8.69. The Balaban J connectivity index is 1.98. The van der Waals surface area contributed by atoms with Crippen molar-refractivity contribution in [3.63, 3.8) is 0 Å². The van der Waals surface area contributed by atoms with Crippen LogP contribution < -0.4 is 5.73 Å². The van der Waals surface area contributed by atoms with Gasteiger partial charge in [0.2, 0.25) is 0 Å². The molecule has 0 unspecified atom stereocenters. The van der Waals surface area contributed by atoms with E-state index in [1.165, 1.54) is 39.1 Å². The topological polar surface area (TPSA) is 52.7 Å². The second-order valence-corrected chi connectivity index (χ2v) is 4.61. The van der Waals surface area contributed by atoms with Gasteiger partial charge in [-0.15, -0.1) is 0 Å². The van der Waals surface area contributed by atoms with E-state index in [-0.39, 0.29) is 0 Å². The summed E-state index contributed by atoms with van der Waals surface area (Å²) in [5.74, 6) is 0. The van der Waals surface area contributed by atoms with Crippen LogP contribution >= 0.6 is 0 Å². The molecule has 0 radical (unpaired) electrons. The lowest BCUT2D eigenvalue weighted by molar-refractivity contribution is 0.129. The van der Waals surface area contributed by atoms with E-state index in [4.69, 9.17) is 10.8 Å². The predicted octanol–water partition coefficient (Wildman–Crippen LogP) is 0.115. The minimum absolute atomic E-state index is 0.340. The van der Waals surface area contributed by atoms with Crippen LogP contribution in [0.3, 0.4) is 0 Å². The van der Waals surface area contributed by atoms with Crippen LogP contribution in [0.4, 0.5) is 0 Å². The molecule has 3 N–H and O–H groups in total. The van der Waals surface area contributed by atoms with Crippen LogP contribution in [-0.2, 0) is 0 Å². The first-order chi connectivity index (χ1) is 7.86. The van der Waals surface area contributed by atoms with Crippen molar-refractivity contribution in [2.75, 3.05) is 52.4 Å². The van der Waals surface area contributed by atoms with Crippen molar-refractivity contribution in [1.29, 1.82) is 0 Å². The molecule has 0 aliphatic carbocycles. The Kier molecular flexibility index (Phi) is 7.76. The Labute approximate surface area is 99.4 Å². The summed E-state index contributed by atoms with van der Waals surface area (Å²) in [7, 11) is 0. The molecule has 0 amide bonds. The van der Waals surface area contributed by atoms with Crippen molar-refractivity contribution in [3.8, 4) is 0 Å². The van der Waals surface area contributed by atoms with E-state index >= 15 is 0 Å². The summed E-state index contributed by atoms with van der Waals surface area (Å²) in [6.45, 7) is 8.29. The summed E-state index contributed by atoms with van der Waals surface area (Å²) >= 11 is 0. The van der Waals surface area contributed by atoms with E-state index in [1.807, 2.05) is 0 Å². The number of nitrogens with zero attached hydrogens (tertiary/aromatic N) is 2. The highest BCUT2D eigenvalue weighted by Gasteiger charge is 2.15. The van der Waals surface area contributed by atoms with Crippen LogP contribution in [0.1, 0.15) is 25.7 Å². The predicted molar refractivity (Wildman–Crippen MR) is 67.5 cm³/mol. The lowest BCUT2D eigenvalue weighted by Crippen LogP contribution is -2.46. The van der Waals surface area contributed by atoms with E-state index in [2.05, 4.69) is 9.80 Å². The minimum atomic E-state index is 0.340. The molecule has 0 aromatic rings. The summed E-state index contributed by atoms with van der Waals surface area (Å²) in [6.07, 6.45) is 4.46. The number of unbranched alkanes of at least 4 members (excludes halogenated alkanes) is 2. The van der Waals surface area contributed by atoms with E-state index in [1.54, 1.807) is 0 Å². The Morgan fingerprint density at radius 1 is 0.812 bits per heavy atom. The molecule has 4 nitrogen and oxygen atoms in total. The molecule has 4 heteroatoms. The van der Waals surface area contributed by atoms with Gasteiger partial charge in [-0.1, -0.05) is 0 Å². The number of hydrogen-bond acceptors (Lipinski definition) is 4. The van der Waals surface area contributed by atoms with Crippen molar-refractivity contribution in [2.24, 2.45) is 5.73 Å². The molecule has 16 heavy (non-hydrogen) atoms. The highest BCUT2D eigenvalue weighted by atomic mass is 16.2. The van der Waals surface area contributed by atoms with Crippen molar-refractivity contribution in [2.45, 2.75) is 25.7 Å². The molecule has 96 valence electrons. The van der Waals surface area contributed by atoms with Gasteiger partial charge in [-0.3, -0.25) is 0 Å². The highest BCUT2D eigenvalue weighted by Crippen LogP contribution is 2.04. The smallest absolute Gasteiger partial charge is 0.0431 e. The zero-order valence-electron chi connectivity index (χ0n) is 10.4. The van der Waals surface area contributed by atoms with Crippen LogP contribution in [0, 0.1) is 0 Å². The fourth-order valence-electron chi connectivity index (χ4n) is 2.18. The molecule has 1 heterocycles. The number of hydrogen-bond donors (Lipinski definition) is 2. The van der Waals surface area contributed by atoms with Crippen molar-refractivity contribution < 1.29 is 5.11 Å².